The molecule has 1 atom stereocenters. The van der Waals surface area contributed by atoms with Gasteiger partial charge in [-0.05, 0) is 37.1 Å². The molecule has 27 heavy (non-hydrogen) atoms. The lowest BCUT2D eigenvalue weighted by Crippen LogP contribution is -2.44. The maximum absolute atomic E-state index is 12.0. The zero-order valence-corrected chi connectivity index (χ0v) is 15.9. The zero-order chi connectivity index (χ0) is 20.4. The van der Waals surface area contributed by atoms with Crippen LogP contribution in [0.1, 0.15) is 25.8 Å². The Labute approximate surface area is 158 Å². The molecule has 0 saturated carbocycles. The van der Waals surface area contributed by atoms with Crippen molar-refractivity contribution in [2.75, 3.05) is 25.6 Å². The molecule has 0 aliphatic heterocycles. The molecule has 8 nitrogen and oxygen atoms in total. The van der Waals surface area contributed by atoms with E-state index in [4.69, 9.17) is 10.00 Å². The molecule has 3 amide bonds. The van der Waals surface area contributed by atoms with E-state index in [1.165, 1.54) is 6.08 Å². The molecule has 2 N–H and O–H groups in total. The first-order valence-corrected chi connectivity index (χ1v) is 8.43. The molecule has 0 aromatic heterocycles. The minimum Gasteiger partial charge on any atom is -0.451 e. The molecular formula is C19H24N4O4. The normalized spacial score (nSPS) is 11.7. The molecule has 0 bridgehead atoms. The predicted molar refractivity (Wildman–Crippen MR) is 102 cm³/mol. The maximum Gasteiger partial charge on any atom is 0.349 e. The Morgan fingerprint density at radius 3 is 2.41 bits per heavy atom. The van der Waals surface area contributed by atoms with Gasteiger partial charge in [-0.2, -0.15) is 5.26 Å². The SMILES string of the molecule is CC[C@H](C)NC(=O)NC(=O)COC(=O)/C(C#N)=C/c1ccc(N(C)C)cc1. The molecule has 0 fully saturated rings. The summed E-state index contributed by atoms with van der Waals surface area (Å²) in [6.45, 7) is 3.02. The highest BCUT2D eigenvalue weighted by molar-refractivity contribution is 6.00. The first-order chi connectivity index (χ1) is 12.8. The summed E-state index contributed by atoms with van der Waals surface area (Å²) < 4.78 is 4.79. The van der Waals surface area contributed by atoms with Gasteiger partial charge in [0.25, 0.3) is 5.91 Å². The van der Waals surface area contributed by atoms with Crippen LogP contribution in [0.15, 0.2) is 29.8 Å². The number of carbonyl (C=O) groups is 3. The van der Waals surface area contributed by atoms with Crippen LogP contribution in [0.5, 0.6) is 0 Å². The number of carbonyl (C=O) groups excluding carboxylic acids is 3. The molecule has 0 heterocycles. The minimum absolute atomic E-state index is 0.0904. The van der Waals surface area contributed by atoms with Crippen LogP contribution in [-0.4, -0.2) is 44.7 Å². The summed E-state index contributed by atoms with van der Waals surface area (Å²) in [5.41, 5.74) is 1.37. The van der Waals surface area contributed by atoms with Crippen LogP contribution in [0.25, 0.3) is 6.08 Å². The summed E-state index contributed by atoms with van der Waals surface area (Å²) in [4.78, 5) is 37.1. The molecule has 144 valence electrons. The summed E-state index contributed by atoms with van der Waals surface area (Å²) in [5, 5.41) is 13.7. The third-order valence-corrected chi connectivity index (χ3v) is 3.64. The van der Waals surface area contributed by atoms with Crippen molar-refractivity contribution in [2.24, 2.45) is 0 Å². The van der Waals surface area contributed by atoms with Crippen molar-refractivity contribution in [1.82, 2.24) is 10.6 Å². The first-order valence-electron chi connectivity index (χ1n) is 8.43. The second-order valence-corrected chi connectivity index (χ2v) is 6.06. The topological polar surface area (TPSA) is 112 Å². The van der Waals surface area contributed by atoms with E-state index >= 15 is 0 Å². The molecule has 1 aromatic carbocycles. The van der Waals surface area contributed by atoms with Gasteiger partial charge >= 0.3 is 12.0 Å². The van der Waals surface area contributed by atoms with Gasteiger partial charge in [-0.15, -0.1) is 0 Å². The van der Waals surface area contributed by atoms with Gasteiger partial charge in [0.1, 0.15) is 11.6 Å². The molecule has 1 rings (SSSR count). The minimum atomic E-state index is -0.938. The van der Waals surface area contributed by atoms with Gasteiger partial charge in [0.15, 0.2) is 6.61 Å². The monoisotopic (exact) mass is 372 g/mol. The van der Waals surface area contributed by atoms with E-state index in [1.807, 2.05) is 38.1 Å². The molecule has 0 aliphatic rings. The van der Waals surface area contributed by atoms with Gasteiger partial charge in [-0.25, -0.2) is 9.59 Å². The Bertz CT molecular complexity index is 748. The predicted octanol–water partition coefficient (Wildman–Crippen LogP) is 1.83. The summed E-state index contributed by atoms with van der Waals surface area (Å²) >= 11 is 0. The van der Waals surface area contributed by atoms with E-state index in [2.05, 4.69) is 10.6 Å². The lowest BCUT2D eigenvalue weighted by atomic mass is 10.1. The van der Waals surface area contributed by atoms with Crippen LogP contribution in [0, 0.1) is 11.3 Å². The van der Waals surface area contributed by atoms with Crippen LogP contribution in [0.4, 0.5) is 10.5 Å². The summed E-state index contributed by atoms with van der Waals surface area (Å²) in [5.74, 6) is -1.72. The lowest BCUT2D eigenvalue weighted by molar-refractivity contribution is -0.144. The lowest BCUT2D eigenvalue weighted by Gasteiger charge is -2.12. The van der Waals surface area contributed by atoms with E-state index in [1.54, 1.807) is 25.1 Å². The number of nitrogens with one attached hydrogen (secondary N) is 2. The van der Waals surface area contributed by atoms with Gasteiger partial charge in [-0.1, -0.05) is 19.1 Å². The number of hydrogen-bond donors (Lipinski definition) is 2. The first kappa shape index (κ1) is 21.7. The van der Waals surface area contributed by atoms with Crippen molar-refractivity contribution in [3.63, 3.8) is 0 Å². The molecule has 8 heteroatoms. The van der Waals surface area contributed by atoms with Gasteiger partial charge in [0.05, 0.1) is 0 Å². The quantitative estimate of drug-likeness (QED) is 0.429. The molecule has 0 spiro atoms. The van der Waals surface area contributed by atoms with Crippen LogP contribution < -0.4 is 15.5 Å². The Balaban J connectivity index is 2.62. The van der Waals surface area contributed by atoms with Crippen LogP contribution in [0.2, 0.25) is 0 Å². The average molecular weight is 372 g/mol. The molecule has 1 aromatic rings. The van der Waals surface area contributed by atoms with E-state index in [9.17, 15) is 14.4 Å². The van der Waals surface area contributed by atoms with Crippen molar-refractivity contribution in [3.8, 4) is 6.07 Å². The highest BCUT2D eigenvalue weighted by atomic mass is 16.5. The van der Waals surface area contributed by atoms with Crippen LogP contribution >= 0.6 is 0 Å². The highest BCUT2D eigenvalue weighted by Crippen LogP contribution is 2.15. The number of amides is 3. The zero-order valence-electron chi connectivity index (χ0n) is 15.9. The van der Waals surface area contributed by atoms with E-state index in [0.29, 0.717) is 12.0 Å². The Hall–Kier alpha value is -3.34. The molecule has 0 aliphatic carbocycles. The van der Waals surface area contributed by atoms with E-state index < -0.39 is 24.5 Å². The highest BCUT2D eigenvalue weighted by Gasteiger charge is 2.15. The number of benzene rings is 1. The summed E-state index contributed by atoms with van der Waals surface area (Å²) in [6, 6.07) is 8.19. The second kappa shape index (κ2) is 10.6. The fourth-order valence-electron chi connectivity index (χ4n) is 1.91. The van der Waals surface area contributed by atoms with Crippen molar-refractivity contribution in [2.45, 2.75) is 26.3 Å². The van der Waals surface area contributed by atoms with Crippen LogP contribution in [-0.2, 0) is 14.3 Å². The van der Waals surface area contributed by atoms with Gasteiger partial charge in [0, 0.05) is 25.8 Å². The maximum atomic E-state index is 12.0. The Kier molecular flexibility index (Phi) is 8.53. The number of anilines is 1. The summed E-state index contributed by atoms with van der Waals surface area (Å²) in [6.07, 6.45) is 2.08. The number of rotatable bonds is 7. The van der Waals surface area contributed by atoms with E-state index in [-0.39, 0.29) is 11.6 Å². The smallest absolute Gasteiger partial charge is 0.349 e. The number of nitriles is 1. The summed E-state index contributed by atoms with van der Waals surface area (Å²) in [7, 11) is 3.80. The Morgan fingerprint density at radius 2 is 1.89 bits per heavy atom. The standard InChI is InChI=1S/C19H24N4O4/c1-5-13(2)21-19(26)22-17(24)12-27-18(25)15(11-20)10-14-6-8-16(9-7-14)23(3)4/h6-10,13H,5,12H2,1-4H3,(H2,21,22,24,26)/b15-10+/t13-/m0/s1. The number of imide groups is 1. The average Bonchev–Trinajstić information content (AvgIpc) is 2.64. The molecule has 0 unspecified atom stereocenters. The second-order valence-electron chi connectivity index (χ2n) is 6.06. The van der Waals surface area contributed by atoms with Gasteiger partial charge < -0.3 is 15.0 Å². The third-order valence-electron chi connectivity index (χ3n) is 3.64. The van der Waals surface area contributed by atoms with E-state index in [0.717, 1.165) is 5.69 Å². The fraction of sp³-hybridized carbons (Fsp3) is 0.368. The van der Waals surface area contributed by atoms with Gasteiger partial charge in [-0.3, -0.25) is 10.1 Å². The number of urea groups is 1. The van der Waals surface area contributed by atoms with Gasteiger partial charge in [0.2, 0.25) is 0 Å². The van der Waals surface area contributed by atoms with Crippen molar-refractivity contribution < 1.29 is 19.1 Å². The fourth-order valence-corrected chi connectivity index (χ4v) is 1.91. The number of hydrogen-bond acceptors (Lipinski definition) is 6. The third kappa shape index (κ3) is 7.61. The van der Waals surface area contributed by atoms with Crippen LogP contribution in [0.3, 0.4) is 0 Å². The van der Waals surface area contributed by atoms with Crippen molar-refractivity contribution in [1.29, 1.82) is 5.26 Å². The number of ether oxygens (including phenoxy) is 1. The number of esters is 1. The number of nitrogens with zero attached hydrogens (tertiary/aromatic N) is 2. The molecule has 0 saturated heterocycles. The Morgan fingerprint density at radius 1 is 1.26 bits per heavy atom. The largest absolute Gasteiger partial charge is 0.451 e. The van der Waals surface area contributed by atoms with Crippen molar-refractivity contribution >= 4 is 29.7 Å². The molecular weight excluding hydrogens is 348 g/mol. The molecule has 0 radical (unpaired) electrons. The van der Waals surface area contributed by atoms with Crippen molar-refractivity contribution in [3.05, 3.63) is 35.4 Å².